The van der Waals surface area contributed by atoms with Crippen LogP contribution in [0.15, 0.2) is 24.3 Å². The summed E-state index contributed by atoms with van der Waals surface area (Å²) in [6, 6.07) is 8.60. The molecule has 0 aliphatic rings. The molecule has 0 radical (unpaired) electrons. The molecule has 1 unspecified atom stereocenters. The number of nitriles is 1. The molecule has 0 N–H and O–H groups in total. The fourth-order valence-electron chi connectivity index (χ4n) is 1.56. The van der Waals surface area contributed by atoms with Crippen LogP contribution in [0.4, 0.5) is 0 Å². The van der Waals surface area contributed by atoms with Crippen LogP contribution in [0.25, 0.3) is 0 Å². The monoisotopic (exact) mass is 266 g/mol. The standard InChI is InChI=1S/C13H15ClN2O2/c1-16(8-12(14)9-18-2)13(17)11-5-3-4-10(6-11)7-15/h3-6,12H,8-9H2,1-2H3. The zero-order valence-electron chi connectivity index (χ0n) is 10.4. The Hall–Kier alpha value is -1.57. The van der Waals surface area contributed by atoms with Gasteiger partial charge in [0.2, 0.25) is 0 Å². The van der Waals surface area contributed by atoms with Crippen LogP contribution in [0.5, 0.6) is 0 Å². The van der Waals surface area contributed by atoms with Gasteiger partial charge in [-0.25, -0.2) is 0 Å². The van der Waals surface area contributed by atoms with E-state index in [-0.39, 0.29) is 11.3 Å². The van der Waals surface area contributed by atoms with Gasteiger partial charge in [-0.2, -0.15) is 5.26 Å². The molecule has 1 aromatic rings. The lowest BCUT2D eigenvalue weighted by atomic mass is 10.1. The SMILES string of the molecule is COCC(Cl)CN(C)C(=O)c1cccc(C#N)c1. The number of alkyl halides is 1. The first kappa shape index (κ1) is 14.5. The molecule has 1 aromatic carbocycles. The molecule has 0 saturated heterocycles. The van der Waals surface area contributed by atoms with Gasteiger partial charge in [0, 0.05) is 26.3 Å². The van der Waals surface area contributed by atoms with Gasteiger partial charge in [-0.1, -0.05) is 6.07 Å². The second kappa shape index (κ2) is 7.00. The van der Waals surface area contributed by atoms with Gasteiger partial charge in [0.15, 0.2) is 0 Å². The summed E-state index contributed by atoms with van der Waals surface area (Å²) in [5, 5.41) is 8.54. The van der Waals surface area contributed by atoms with Gasteiger partial charge < -0.3 is 9.64 Å². The van der Waals surface area contributed by atoms with Gasteiger partial charge in [0.25, 0.3) is 5.91 Å². The van der Waals surface area contributed by atoms with E-state index in [1.165, 1.54) is 4.90 Å². The third-order valence-corrected chi connectivity index (χ3v) is 2.67. The summed E-state index contributed by atoms with van der Waals surface area (Å²) in [4.78, 5) is 13.6. The van der Waals surface area contributed by atoms with Gasteiger partial charge >= 0.3 is 0 Å². The number of carbonyl (C=O) groups excluding carboxylic acids is 1. The lowest BCUT2D eigenvalue weighted by molar-refractivity contribution is 0.0781. The number of hydrogen-bond acceptors (Lipinski definition) is 3. The van der Waals surface area contributed by atoms with E-state index in [0.717, 1.165) is 0 Å². The fourth-order valence-corrected chi connectivity index (χ4v) is 1.89. The van der Waals surface area contributed by atoms with E-state index in [1.54, 1.807) is 38.4 Å². The van der Waals surface area contributed by atoms with E-state index in [9.17, 15) is 4.79 Å². The molecule has 5 heteroatoms. The number of methoxy groups -OCH3 is 1. The van der Waals surface area contributed by atoms with Crippen LogP contribution in [0.1, 0.15) is 15.9 Å². The van der Waals surface area contributed by atoms with Crippen LogP contribution in [0, 0.1) is 11.3 Å². The average molecular weight is 267 g/mol. The smallest absolute Gasteiger partial charge is 0.253 e. The molecule has 0 aromatic heterocycles. The van der Waals surface area contributed by atoms with Gasteiger partial charge in [-0.3, -0.25) is 4.79 Å². The van der Waals surface area contributed by atoms with Crippen molar-refractivity contribution < 1.29 is 9.53 Å². The van der Waals surface area contributed by atoms with Crippen molar-refractivity contribution in [3.63, 3.8) is 0 Å². The Morgan fingerprint density at radius 1 is 1.61 bits per heavy atom. The summed E-state index contributed by atoms with van der Waals surface area (Å²) in [6.07, 6.45) is 0. The molecule has 4 nitrogen and oxygen atoms in total. The third kappa shape index (κ3) is 4.02. The van der Waals surface area contributed by atoms with Crippen LogP contribution in [-0.2, 0) is 4.74 Å². The quantitative estimate of drug-likeness (QED) is 0.765. The molecule has 0 aliphatic carbocycles. The molecule has 1 amide bonds. The second-order valence-electron chi connectivity index (χ2n) is 3.93. The van der Waals surface area contributed by atoms with Gasteiger partial charge in [-0.15, -0.1) is 11.6 Å². The second-order valence-corrected chi connectivity index (χ2v) is 4.55. The highest BCUT2D eigenvalue weighted by atomic mass is 35.5. The number of amides is 1. The summed E-state index contributed by atoms with van der Waals surface area (Å²) in [5.41, 5.74) is 0.950. The Labute approximate surface area is 112 Å². The highest BCUT2D eigenvalue weighted by Crippen LogP contribution is 2.08. The van der Waals surface area contributed by atoms with Crippen LogP contribution in [0.3, 0.4) is 0 Å². The highest BCUT2D eigenvalue weighted by molar-refractivity contribution is 6.21. The largest absolute Gasteiger partial charge is 0.383 e. The van der Waals surface area contributed by atoms with E-state index in [1.807, 2.05) is 6.07 Å². The van der Waals surface area contributed by atoms with Crippen LogP contribution in [-0.4, -0.2) is 43.5 Å². The molecule has 0 aliphatic heterocycles. The minimum Gasteiger partial charge on any atom is -0.383 e. The molecule has 1 atom stereocenters. The van der Waals surface area contributed by atoms with E-state index in [0.29, 0.717) is 24.3 Å². The first-order valence-corrected chi connectivity index (χ1v) is 5.90. The number of carbonyl (C=O) groups is 1. The summed E-state index contributed by atoms with van der Waals surface area (Å²) in [5.74, 6) is -0.158. The predicted molar refractivity (Wildman–Crippen MR) is 69.6 cm³/mol. The van der Waals surface area contributed by atoms with E-state index in [4.69, 9.17) is 21.6 Å². The Morgan fingerprint density at radius 3 is 2.94 bits per heavy atom. The van der Waals surface area contributed by atoms with Crippen molar-refractivity contribution in [1.29, 1.82) is 5.26 Å². The molecule has 0 spiro atoms. The number of halogens is 1. The van der Waals surface area contributed by atoms with E-state index < -0.39 is 0 Å². The van der Waals surface area contributed by atoms with E-state index in [2.05, 4.69) is 0 Å². The number of hydrogen-bond donors (Lipinski definition) is 0. The van der Waals surface area contributed by atoms with Crippen molar-refractivity contribution in [2.24, 2.45) is 0 Å². The molecule has 0 bridgehead atoms. The molecular weight excluding hydrogens is 252 g/mol. The lowest BCUT2D eigenvalue weighted by Crippen LogP contribution is -2.33. The van der Waals surface area contributed by atoms with Crippen molar-refractivity contribution in [3.05, 3.63) is 35.4 Å². The van der Waals surface area contributed by atoms with Gasteiger partial charge in [0.05, 0.1) is 23.6 Å². The summed E-state index contributed by atoms with van der Waals surface area (Å²) in [6.45, 7) is 0.780. The van der Waals surface area contributed by atoms with Crippen LogP contribution >= 0.6 is 11.6 Å². The average Bonchev–Trinajstić information content (AvgIpc) is 2.38. The van der Waals surface area contributed by atoms with Gasteiger partial charge in [-0.05, 0) is 18.2 Å². The normalized spacial score (nSPS) is 11.7. The maximum atomic E-state index is 12.1. The first-order valence-electron chi connectivity index (χ1n) is 5.47. The zero-order valence-corrected chi connectivity index (χ0v) is 11.1. The predicted octanol–water partition coefficient (Wildman–Crippen LogP) is 1.88. The van der Waals surface area contributed by atoms with Crippen molar-refractivity contribution in [1.82, 2.24) is 4.90 Å². The van der Waals surface area contributed by atoms with Crippen molar-refractivity contribution in [2.45, 2.75) is 5.38 Å². The fraction of sp³-hybridized carbons (Fsp3) is 0.385. The number of ether oxygens (including phenoxy) is 1. The maximum absolute atomic E-state index is 12.1. The summed E-state index contributed by atoms with van der Waals surface area (Å²) >= 11 is 5.99. The molecule has 1 rings (SSSR count). The van der Waals surface area contributed by atoms with Gasteiger partial charge in [0.1, 0.15) is 0 Å². The molecule has 0 heterocycles. The van der Waals surface area contributed by atoms with Crippen molar-refractivity contribution in [2.75, 3.05) is 27.3 Å². The molecule has 18 heavy (non-hydrogen) atoms. The number of benzene rings is 1. The topological polar surface area (TPSA) is 53.3 Å². The van der Waals surface area contributed by atoms with Crippen LogP contribution < -0.4 is 0 Å². The maximum Gasteiger partial charge on any atom is 0.253 e. The molecular formula is C13H15ClN2O2. The molecule has 0 fully saturated rings. The first-order chi connectivity index (χ1) is 8.58. The van der Waals surface area contributed by atoms with Crippen molar-refractivity contribution in [3.8, 4) is 6.07 Å². The lowest BCUT2D eigenvalue weighted by Gasteiger charge is -2.20. The highest BCUT2D eigenvalue weighted by Gasteiger charge is 2.15. The molecule has 0 saturated carbocycles. The summed E-state index contributed by atoms with van der Waals surface area (Å²) < 4.78 is 4.91. The van der Waals surface area contributed by atoms with E-state index >= 15 is 0 Å². The minimum absolute atomic E-state index is 0.158. The minimum atomic E-state index is -0.247. The third-order valence-electron chi connectivity index (χ3n) is 2.40. The summed E-state index contributed by atoms with van der Waals surface area (Å²) in [7, 11) is 3.24. The number of nitrogens with zero attached hydrogens (tertiary/aromatic N) is 2. The Balaban J connectivity index is 2.71. The Kier molecular flexibility index (Phi) is 5.63. The number of rotatable bonds is 5. The zero-order chi connectivity index (χ0) is 13.5. The Morgan fingerprint density at radius 2 is 2.33 bits per heavy atom. The van der Waals surface area contributed by atoms with Crippen LogP contribution in [0.2, 0.25) is 0 Å². The molecule has 96 valence electrons. The van der Waals surface area contributed by atoms with Crippen molar-refractivity contribution >= 4 is 17.5 Å². The Bertz CT molecular complexity index is 457.